The first-order valence-corrected chi connectivity index (χ1v) is 8.43. The molecule has 0 aliphatic rings. The molecule has 2 N–H and O–H groups in total. The van der Waals surface area contributed by atoms with E-state index in [0.717, 1.165) is 14.9 Å². The van der Waals surface area contributed by atoms with Gasteiger partial charge in [-0.1, -0.05) is 15.9 Å². The number of rotatable bonds is 4. The Morgan fingerprint density at radius 3 is 2.67 bits per heavy atom. The smallest absolute Gasteiger partial charge is 0.327 e. The number of nitrogens with one attached hydrogen (secondary N) is 2. The van der Waals surface area contributed by atoms with Gasteiger partial charge in [0.2, 0.25) is 5.91 Å². The van der Waals surface area contributed by atoms with Gasteiger partial charge in [-0.05, 0) is 36.8 Å². The Labute approximate surface area is 148 Å². The Bertz CT molecular complexity index is 821. The van der Waals surface area contributed by atoms with Crippen molar-refractivity contribution >= 4 is 39.3 Å². The van der Waals surface area contributed by atoms with Crippen LogP contribution < -0.4 is 10.9 Å². The summed E-state index contributed by atoms with van der Waals surface area (Å²) in [5, 5.41) is 2.21. The molecule has 0 bridgehead atoms. The summed E-state index contributed by atoms with van der Waals surface area (Å²) < 4.78 is 38.8. The second-order valence-electron chi connectivity index (χ2n) is 4.88. The lowest BCUT2D eigenvalue weighted by atomic mass is 10.2. The molecular weight excluding hydrogens is 409 g/mol. The van der Waals surface area contributed by atoms with Gasteiger partial charge in [0.1, 0.15) is 5.69 Å². The molecule has 0 saturated carbocycles. The number of carbonyl (C=O) groups excluding carboxylic acids is 1. The lowest BCUT2D eigenvalue weighted by Crippen LogP contribution is -2.22. The predicted molar refractivity (Wildman–Crippen MR) is 90.3 cm³/mol. The molecule has 1 heterocycles. The third-order valence-electron chi connectivity index (χ3n) is 3.00. The quantitative estimate of drug-likeness (QED) is 0.728. The molecule has 0 saturated heterocycles. The Kier molecular flexibility index (Phi) is 5.76. The highest BCUT2D eigenvalue weighted by molar-refractivity contribution is 9.10. The second kappa shape index (κ2) is 7.43. The largest absolute Gasteiger partial charge is 0.417 e. The molecule has 1 amide bonds. The lowest BCUT2D eigenvalue weighted by Gasteiger charge is -2.09. The van der Waals surface area contributed by atoms with Crippen LogP contribution >= 0.6 is 27.7 Å². The van der Waals surface area contributed by atoms with E-state index in [9.17, 15) is 22.8 Å². The summed E-state index contributed by atoms with van der Waals surface area (Å²) in [6.07, 6.45) is -4.04. The number of benzene rings is 1. The average Bonchev–Trinajstić information content (AvgIpc) is 2.47. The van der Waals surface area contributed by atoms with Gasteiger partial charge >= 0.3 is 6.18 Å². The summed E-state index contributed by atoms with van der Waals surface area (Å²) in [6, 6.07) is 6.16. The predicted octanol–water partition coefficient (Wildman–Crippen LogP) is 4.20. The number of aromatic nitrogens is 1. The first kappa shape index (κ1) is 18.6. The fraction of sp³-hybridized carbons (Fsp3) is 0.200. The van der Waals surface area contributed by atoms with E-state index in [-0.39, 0.29) is 5.75 Å². The van der Waals surface area contributed by atoms with Crippen LogP contribution in [0.1, 0.15) is 11.1 Å². The SMILES string of the molecule is Cc1cc(Br)ccc1SCC(=O)Nc1cc(C(F)(F)F)c[nH]c1=O. The Balaban J connectivity index is 2.06. The molecule has 128 valence electrons. The molecule has 0 atom stereocenters. The van der Waals surface area contributed by atoms with Crippen molar-refractivity contribution in [2.75, 3.05) is 11.1 Å². The van der Waals surface area contributed by atoms with Crippen molar-refractivity contribution in [3.63, 3.8) is 0 Å². The van der Waals surface area contributed by atoms with Crippen molar-refractivity contribution < 1.29 is 18.0 Å². The molecule has 0 radical (unpaired) electrons. The second-order valence-corrected chi connectivity index (χ2v) is 6.81. The number of hydrogen-bond acceptors (Lipinski definition) is 3. The highest BCUT2D eigenvalue weighted by Crippen LogP contribution is 2.29. The monoisotopic (exact) mass is 420 g/mol. The molecule has 24 heavy (non-hydrogen) atoms. The first-order chi connectivity index (χ1) is 11.2. The summed E-state index contributed by atoms with van der Waals surface area (Å²) in [7, 11) is 0. The molecule has 2 aromatic rings. The Hall–Kier alpha value is -1.74. The number of H-pyrrole nitrogens is 1. The fourth-order valence-corrected chi connectivity index (χ4v) is 3.13. The minimum atomic E-state index is -4.60. The number of anilines is 1. The zero-order valence-electron chi connectivity index (χ0n) is 12.3. The molecule has 0 spiro atoms. The van der Waals surface area contributed by atoms with Crippen molar-refractivity contribution in [2.24, 2.45) is 0 Å². The van der Waals surface area contributed by atoms with E-state index in [1.165, 1.54) is 11.8 Å². The molecular formula is C15H12BrF3N2O2S. The van der Waals surface area contributed by atoms with Crippen LogP contribution in [-0.4, -0.2) is 16.6 Å². The minimum absolute atomic E-state index is 0.0296. The molecule has 9 heteroatoms. The van der Waals surface area contributed by atoms with Crippen molar-refractivity contribution in [1.82, 2.24) is 4.98 Å². The summed E-state index contributed by atoms with van der Waals surface area (Å²) in [4.78, 5) is 26.3. The van der Waals surface area contributed by atoms with Gasteiger partial charge in [0, 0.05) is 15.6 Å². The number of amides is 1. The molecule has 4 nitrogen and oxygen atoms in total. The van der Waals surface area contributed by atoms with E-state index in [4.69, 9.17) is 0 Å². The maximum atomic E-state index is 12.6. The van der Waals surface area contributed by atoms with Crippen LogP contribution in [-0.2, 0) is 11.0 Å². The van der Waals surface area contributed by atoms with Crippen LogP contribution in [0.25, 0.3) is 0 Å². The highest BCUT2D eigenvalue weighted by atomic mass is 79.9. The molecule has 0 unspecified atom stereocenters. The molecule has 1 aromatic heterocycles. The molecule has 1 aromatic carbocycles. The summed E-state index contributed by atoms with van der Waals surface area (Å²) in [6.45, 7) is 1.88. The van der Waals surface area contributed by atoms with Gasteiger partial charge in [-0.3, -0.25) is 9.59 Å². The van der Waals surface area contributed by atoms with Crippen LogP contribution in [0.2, 0.25) is 0 Å². The van der Waals surface area contributed by atoms with Crippen LogP contribution in [0.15, 0.2) is 44.6 Å². The molecule has 2 rings (SSSR count). The first-order valence-electron chi connectivity index (χ1n) is 6.65. The lowest BCUT2D eigenvalue weighted by molar-refractivity contribution is -0.137. The number of aryl methyl sites for hydroxylation is 1. The number of pyridine rings is 1. The molecule has 0 fully saturated rings. The van der Waals surface area contributed by atoms with Crippen molar-refractivity contribution in [2.45, 2.75) is 18.0 Å². The topological polar surface area (TPSA) is 62.0 Å². The average molecular weight is 421 g/mol. The molecule has 0 aliphatic heterocycles. The number of thioether (sulfide) groups is 1. The van der Waals surface area contributed by atoms with Gasteiger partial charge in [-0.2, -0.15) is 13.2 Å². The number of carbonyl (C=O) groups is 1. The number of alkyl halides is 3. The zero-order valence-corrected chi connectivity index (χ0v) is 14.7. The van der Waals surface area contributed by atoms with Crippen molar-refractivity contribution in [3.05, 3.63) is 56.4 Å². The van der Waals surface area contributed by atoms with Crippen LogP contribution in [0, 0.1) is 6.92 Å². The summed E-state index contributed by atoms with van der Waals surface area (Å²) in [5.74, 6) is -0.592. The summed E-state index contributed by atoms with van der Waals surface area (Å²) >= 11 is 4.56. The van der Waals surface area contributed by atoms with Crippen LogP contribution in [0.5, 0.6) is 0 Å². The van der Waals surface area contributed by atoms with E-state index in [2.05, 4.69) is 21.2 Å². The normalized spacial score (nSPS) is 11.4. The summed E-state index contributed by atoms with van der Waals surface area (Å²) in [5.41, 5.74) is -1.29. The molecule has 0 aliphatic carbocycles. The van der Waals surface area contributed by atoms with E-state index in [0.29, 0.717) is 12.3 Å². The van der Waals surface area contributed by atoms with E-state index < -0.39 is 28.9 Å². The van der Waals surface area contributed by atoms with Gasteiger partial charge in [0.25, 0.3) is 5.56 Å². The fourth-order valence-electron chi connectivity index (χ4n) is 1.84. The minimum Gasteiger partial charge on any atom is -0.327 e. The maximum absolute atomic E-state index is 12.6. The van der Waals surface area contributed by atoms with Crippen molar-refractivity contribution in [1.29, 1.82) is 0 Å². The number of halogens is 4. The standard InChI is InChI=1S/C15H12BrF3N2O2S/c1-8-4-10(16)2-3-12(8)24-7-13(22)21-11-5-9(15(17,18)19)6-20-14(11)23/h2-6H,7H2,1H3,(H,20,23)(H,21,22). The third-order valence-corrected chi connectivity index (χ3v) is 4.67. The maximum Gasteiger partial charge on any atom is 0.417 e. The zero-order chi connectivity index (χ0) is 17.9. The van der Waals surface area contributed by atoms with Gasteiger partial charge < -0.3 is 10.3 Å². The van der Waals surface area contributed by atoms with Gasteiger partial charge in [0.05, 0.1) is 11.3 Å². The van der Waals surface area contributed by atoms with Crippen LogP contribution in [0.3, 0.4) is 0 Å². The van der Waals surface area contributed by atoms with E-state index >= 15 is 0 Å². The Morgan fingerprint density at radius 1 is 1.33 bits per heavy atom. The number of hydrogen-bond donors (Lipinski definition) is 2. The van der Waals surface area contributed by atoms with Crippen molar-refractivity contribution in [3.8, 4) is 0 Å². The third kappa shape index (κ3) is 4.88. The van der Waals surface area contributed by atoms with E-state index in [1.54, 1.807) is 0 Å². The number of aromatic amines is 1. The van der Waals surface area contributed by atoms with E-state index in [1.807, 2.05) is 30.1 Å². The Morgan fingerprint density at radius 2 is 2.04 bits per heavy atom. The van der Waals surface area contributed by atoms with Gasteiger partial charge in [0.15, 0.2) is 0 Å². The highest BCUT2D eigenvalue weighted by Gasteiger charge is 2.31. The van der Waals surface area contributed by atoms with Gasteiger partial charge in [-0.15, -0.1) is 11.8 Å². The van der Waals surface area contributed by atoms with Gasteiger partial charge in [-0.25, -0.2) is 0 Å². The van der Waals surface area contributed by atoms with Crippen LogP contribution in [0.4, 0.5) is 18.9 Å².